The smallest absolute Gasteiger partial charge is 0.341 e. The van der Waals surface area contributed by atoms with Gasteiger partial charge in [-0.2, -0.15) is 0 Å². The summed E-state index contributed by atoms with van der Waals surface area (Å²) in [4.78, 5) is 13.0. The zero-order valence-corrected chi connectivity index (χ0v) is 13.3. The number of hydrogen-bond donors (Lipinski definition) is 1. The fraction of sp³-hybridized carbons (Fsp3) is 0.588. The molecule has 1 aliphatic rings. The number of carbonyl (C=O) groups is 1. The molecule has 0 aromatic heterocycles. The lowest BCUT2D eigenvalue weighted by Crippen LogP contribution is -2.45. The molecule has 1 aromatic carbocycles. The molecule has 0 bridgehead atoms. The van der Waals surface area contributed by atoms with E-state index in [9.17, 15) is 4.79 Å². The van der Waals surface area contributed by atoms with Gasteiger partial charge in [-0.25, -0.2) is 4.79 Å². The molecular formula is C17H25NO4. The third kappa shape index (κ3) is 5.31. The predicted molar refractivity (Wildman–Crippen MR) is 84.0 cm³/mol. The Kier molecular flexibility index (Phi) is 6.21. The number of aliphatic carboxylic acids is 1. The molecule has 1 saturated heterocycles. The third-order valence-corrected chi connectivity index (χ3v) is 3.76. The molecule has 22 heavy (non-hydrogen) atoms. The van der Waals surface area contributed by atoms with Gasteiger partial charge in [0.15, 0.2) is 6.61 Å². The number of carboxylic acid groups (broad SMARTS) is 1. The van der Waals surface area contributed by atoms with Gasteiger partial charge in [0.2, 0.25) is 0 Å². The van der Waals surface area contributed by atoms with E-state index in [1.807, 2.05) is 24.3 Å². The Bertz CT molecular complexity index is 472. The standard InChI is InChI=1S/C17H25NO4/c1-13(2)9-15-11-21-8-7-18(15)10-14-3-5-16(6-4-14)22-12-17(19)20/h3-6,13,15H,7-12H2,1-2H3,(H,19,20)/t15-/m0/s1. The molecule has 1 aliphatic heterocycles. The van der Waals surface area contributed by atoms with E-state index in [-0.39, 0.29) is 6.61 Å². The Morgan fingerprint density at radius 1 is 1.41 bits per heavy atom. The van der Waals surface area contributed by atoms with Crippen LogP contribution in [0.15, 0.2) is 24.3 Å². The summed E-state index contributed by atoms with van der Waals surface area (Å²) in [5, 5.41) is 8.60. The largest absolute Gasteiger partial charge is 0.482 e. The maximum absolute atomic E-state index is 10.5. The monoisotopic (exact) mass is 307 g/mol. The highest BCUT2D eigenvalue weighted by molar-refractivity contribution is 5.68. The highest BCUT2D eigenvalue weighted by atomic mass is 16.5. The second-order valence-corrected chi connectivity index (χ2v) is 6.16. The van der Waals surface area contributed by atoms with Gasteiger partial charge >= 0.3 is 5.97 Å². The van der Waals surface area contributed by atoms with Gasteiger partial charge in [0, 0.05) is 19.1 Å². The molecule has 2 rings (SSSR count). The number of morpholine rings is 1. The highest BCUT2D eigenvalue weighted by Crippen LogP contribution is 2.20. The van der Waals surface area contributed by atoms with Crippen molar-refractivity contribution in [2.45, 2.75) is 32.9 Å². The van der Waals surface area contributed by atoms with Crippen LogP contribution in [0, 0.1) is 5.92 Å². The molecule has 5 nitrogen and oxygen atoms in total. The number of ether oxygens (including phenoxy) is 2. The van der Waals surface area contributed by atoms with E-state index < -0.39 is 5.97 Å². The molecule has 1 heterocycles. The summed E-state index contributed by atoms with van der Waals surface area (Å²) in [7, 11) is 0. The number of carboxylic acids is 1. The average molecular weight is 307 g/mol. The second kappa shape index (κ2) is 8.15. The Labute approximate surface area is 131 Å². The lowest BCUT2D eigenvalue weighted by molar-refractivity contribution is -0.139. The van der Waals surface area contributed by atoms with Crippen LogP contribution in [-0.4, -0.2) is 48.4 Å². The number of hydrogen-bond acceptors (Lipinski definition) is 4. The number of rotatable bonds is 7. The topological polar surface area (TPSA) is 59.0 Å². The SMILES string of the molecule is CC(C)C[C@H]1COCCN1Cc1ccc(OCC(=O)O)cc1. The Morgan fingerprint density at radius 2 is 2.14 bits per heavy atom. The molecule has 0 aliphatic carbocycles. The summed E-state index contributed by atoms with van der Waals surface area (Å²) in [6.45, 7) is 7.60. The quantitative estimate of drug-likeness (QED) is 0.838. The maximum Gasteiger partial charge on any atom is 0.341 e. The van der Waals surface area contributed by atoms with Gasteiger partial charge in [-0.3, -0.25) is 4.90 Å². The van der Waals surface area contributed by atoms with E-state index in [0.717, 1.165) is 32.7 Å². The van der Waals surface area contributed by atoms with Crippen molar-refractivity contribution in [1.29, 1.82) is 0 Å². The molecule has 0 saturated carbocycles. The first kappa shape index (κ1) is 16.8. The molecule has 1 fully saturated rings. The summed E-state index contributed by atoms with van der Waals surface area (Å²) in [6.07, 6.45) is 1.14. The lowest BCUT2D eigenvalue weighted by Gasteiger charge is -2.36. The van der Waals surface area contributed by atoms with Crippen molar-refractivity contribution in [3.05, 3.63) is 29.8 Å². The molecule has 1 atom stereocenters. The molecule has 1 N–H and O–H groups in total. The summed E-state index contributed by atoms with van der Waals surface area (Å²) < 4.78 is 10.8. The minimum atomic E-state index is -0.964. The molecule has 1 aromatic rings. The van der Waals surface area contributed by atoms with Gasteiger partial charge in [0.25, 0.3) is 0 Å². The molecule has 0 radical (unpaired) electrons. The first-order chi connectivity index (χ1) is 10.5. The van der Waals surface area contributed by atoms with Crippen LogP contribution in [0.25, 0.3) is 0 Å². The Hall–Kier alpha value is -1.59. The summed E-state index contributed by atoms with van der Waals surface area (Å²) in [5.41, 5.74) is 1.21. The molecule has 5 heteroatoms. The Morgan fingerprint density at radius 3 is 2.77 bits per heavy atom. The van der Waals surface area contributed by atoms with Gasteiger partial charge in [0.1, 0.15) is 5.75 Å². The zero-order valence-electron chi connectivity index (χ0n) is 13.3. The molecule has 0 unspecified atom stereocenters. The van der Waals surface area contributed by atoms with Crippen molar-refractivity contribution >= 4 is 5.97 Å². The number of benzene rings is 1. The van der Waals surface area contributed by atoms with Crippen LogP contribution in [0.4, 0.5) is 0 Å². The van der Waals surface area contributed by atoms with Crippen molar-refractivity contribution in [3.63, 3.8) is 0 Å². The average Bonchev–Trinajstić information content (AvgIpc) is 2.48. The van der Waals surface area contributed by atoms with E-state index in [1.165, 1.54) is 5.56 Å². The first-order valence-corrected chi connectivity index (χ1v) is 7.80. The van der Waals surface area contributed by atoms with Crippen molar-refractivity contribution in [2.24, 2.45) is 5.92 Å². The van der Waals surface area contributed by atoms with Gasteiger partial charge in [-0.1, -0.05) is 26.0 Å². The van der Waals surface area contributed by atoms with E-state index in [0.29, 0.717) is 17.7 Å². The predicted octanol–water partition coefficient (Wildman–Crippen LogP) is 2.40. The zero-order chi connectivity index (χ0) is 15.9. The fourth-order valence-corrected chi connectivity index (χ4v) is 2.73. The molecule has 122 valence electrons. The lowest BCUT2D eigenvalue weighted by atomic mass is 10.0. The van der Waals surface area contributed by atoms with E-state index in [2.05, 4.69) is 18.7 Å². The Balaban J connectivity index is 1.92. The van der Waals surface area contributed by atoms with E-state index >= 15 is 0 Å². The molecule has 0 spiro atoms. The highest BCUT2D eigenvalue weighted by Gasteiger charge is 2.23. The second-order valence-electron chi connectivity index (χ2n) is 6.16. The van der Waals surface area contributed by atoms with Crippen LogP contribution < -0.4 is 4.74 Å². The van der Waals surface area contributed by atoms with Crippen LogP contribution in [0.3, 0.4) is 0 Å². The van der Waals surface area contributed by atoms with Gasteiger partial charge < -0.3 is 14.6 Å². The summed E-state index contributed by atoms with van der Waals surface area (Å²) in [6, 6.07) is 8.13. The normalized spacial score (nSPS) is 19.3. The van der Waals surface area contributed by atoms with Crippen molar-refractivity contribution in [3.8, 4) is 5.75 Å². The van der Waals surface area contributed by atoms with Crippen molar-refractivity contribution in [1.82, 2.24) is 4.90 Å². The summed E-state index contributed by atoms with van der Waals surface area (Å²) >= 11 is 0. The van der Waals surface area contributed by atoms with Gasteiger partial charge in [-0.15, -0.1) is 0 Å². The van der Waals surface area contributed by atoms with Crippen LogP contribution in [0.1, 0.15) is 25.8 Å². The summed E-state index contributed by atoms with van der Waals surface area (Å²) in [5.74, 6) is 0.279. The van der Waals surface area contributed by atoms with E-state index in [4.69, 9.17) is 14.6 Å². The van der Waals surface area contributed by atoms with Gasteiger partial charge in [0.05, 0.1) is 13.2 Å². The van der Waals surface area contributed by atoms with Crippen molar-refractivity contribution in [2.75, 3.05) is 26.4 Å². The minimum absolute atomic E-state index is 0.306. The van der Waals surface area contributed by atoms with Crippen LogP contribution in [-0.2, 0) is 16.1 Å². The van der Waals surface area contributed by atoms with E-state index in [1.54, 1.807) is 0 Å². The van der Waals surface area contributed by atoms with Crippen LogP contribution in [0.5, 0.6) is 5.75 Å². The van der Waals surface area contributed by atoms with Crippen molar-refractivity contribution < 1.29 is 19.4 Å². The van der Waals surface area contributed by atoms with Crippen LogP contribution >= 0.6 is 0 Å². The minimum Gasteiger partial charge on any atom is -0.482 e. The van der Waals surface area contributed by atoms with Gasteiger partial charge in [-0.05, 0) is 30.0 Å². The fourth-order valence-electron chi connectivity index (χ4n) is 2.73. The molecule has 0 amide bonds. The van der Waals surface area contributed by atoms with Crippen LogP contribution in [0.2, 0.25) is 0 Å². The molecular weight excluding hydrogens is 282 g/mol. The maximum atomic E-state index is 10.5. The number of nitrogens with zero attached hydrogens (tertiary/aromatic N) is 1. The third-order valence-electron chi connectivity index (χ3n) is 3.76. The first-order valence-electron chi connectivity index (χ1n) is 7.80.